The van der Waals surface area contributed by atoms with Gasteiger partial charge >= 0.3 is 0 Å². The van der Waals surface area contributed by atoms with Crippen LogP contribution in [-0.2, 0) is 9.59 Å². The van der Waals surface area contributed by atoms with Gasteiger partial charge in [-0.15, -0.1) is 24.2 Å². The van der Waals surface area contributed by atoms with Crippen molar-refractivity contribution in [1.82, 2.24) is 10.6 Å². The lowest BCUT2D eigenvalue weighted by Gasteiger charge is -2.30. The van der Waals surface area contributed by atoms with Gasteiger partial charge in [0.15, 0.2) is 0 Å². The van der Waals surface area contributed by atoms with Crippen LogP contribution in [0.15, 0.2) is 29.2 Å². The van der Waals surface area contributed by atoms with Crippen molar-refractivity contribution in [3.05, 3.63) is 24.3 Å². The number of nitrogens with one attached hydrogen (secondary N) is 2. The highest BCUT2D eigenvalue weighted by Gasteiger charge is 2.38. The molecule has 0 radical (unpaired) electrons. The molecule has 1 aromatic carbocycles. The van der Waals surface area contributed by atoms with Gasteiger partial charge in [-0.3, -0.25) is 9.59 Å². The molecule has 3 fully saturated rings. The molecule has 7 heteroatoms. The summed E-state index contributed by atoms with van der Waals surface area (Å²) in [4.78, 5) is 28.0. The van der Waals surface area contributed by atoms with Gasteiger partial charge < -0.3 is 15.5 Å². The Morgan fingerprint density at radius 2 is 1.85 bits per heavy atom. The normalized spacial score (nSPS) is 30.2. The molecule has 0 aromatic heterocycles. The second-order valence-electron chi connectivity index (χ2n) is 7.42. The van der Waals surface area contributed by atoms with Gasteiger partial charge in [0.2, 0.25) is 11.8 Å². The second-order valence-corrected chi connectivity index (χ2v) is 8.30. The van der Waals surface area contributed by atoms with Crippen molar-refractivity contribution < 1.29 is 9.59 Å². The number of piperidine rings is 1. The maximum absolute atomic E-state index is 12.7. The quantitative estimate of drug-likeness (QED) is 0.769. The average Bonchev–Trinajstić information content (AvgIpc) is 3.17. The number of thioether (sulfide) groups is 1. The molecule has 0 saturated carbocycles. The first-order valence-electron chi connectivity index (χ1n) is 9.13. The van der Waals surface area contributed by atoms with Crippen LogP contribution in [0.3, 0.4) is 0 Å². The van der Waals surface area contributed by atoms with Crippen LogP contribution in [0, 0.1) is 5.92 Å². The zero-order valence-corrected chi connectivity index (χ0v) is 16.6. The predicted octanol–water partition coefficient (Wildman–Crippen LogP) is 2.58. The highest BCUT2D eigenvalue weighted by Crippen LogP contribution is 2.29. The van der Waals surface area contributed by atoms with E-state index in [9.17, 15) is 9.59 Å². The van der Waals surface area contributed by atoms with Crippen LogP contribution in [0.2, 0.25) is 0 Å². The van der Waals surface area contributed by atoms with Crippen molar-refractivity contribution in [2.24, 2.45) is 5.92 Å². The van der Waals surface area contributed by atoms with E-state index in [-0.39, 0.29) is 36.2 Å². The molecular formula is C19H26ClN3O2S. The molecule has 2 N–H and O–H groups in total. The van der Waals surface area contributed by atoms with Gasteiger partial charge in [0, 0.05) is 41.7 Å². The lowest BCUT2D eigenvalue weighted by atomic mass is 9.98. The Balaban J connectivity index is 0.00000196. The van der Waals surface area contributed by atoms with Crippen molar-refractivity contribution in [2.75, 3.05) is 17.7 Å². The molecule has 3 heterocycles. The number of hydrogen-bond acceptors (Lipinski definition) is 4. The van der Waals surface area contributed by atoms with Gasteiger partial charge in [-0.1, -0.05) is 0 Å². The summed E-state index contributed by atoms with van der Waals surface area (Å²) in [5, 5.41) is 6.80. The molecule has 3 aliphatic rings. The first kappa shape index (κ1) is 19.5. The molecule has 1 aromatic rings. The Labute approximate surface area is 165 Å². The molecule has 3 unspecified atom stereocenters. The minimum absolute atomic E-state index is 0. The van der Waals surface area contributed by atoms with Crippen LogP contribution in [0.1, 0.15) is 32.1 Å². The number of carbonyl (C=O) groups excluding carboxylic acids is 2. The molecule has 0 spiro atoms. The lowest BCUT2D eigenvalue weighted by molar-refractivity contribution is -0.127. The van der Waals surface area contributed by atoms with Crippen LogP contribution < -0.4 is 15.5 Å². The summed E-state index contributed by atoms with van der Waals surface area (Å²) in [6, 6.07) is 9.35. The number of carbonyl (C=O) groups is 2. The summed E-state index contributed by atoms with van der Waals surface area (Å²) in [7, 11) is 0. The van der Waals surface area contributed by atoms with E-state index in [4.69, 9.17) is 0 Å². The molecule has 0 aliphatic carbocycles. The third kappa shape index (κ3) is 4.02. The minimum Gasteiger partial charge on any atom is -0.353 e. The third-order valence-electron chi connectivity index (χ3n) is 5.70. The number of halogens is 1. The second kappa shape index (κ2) is 8.19. The summed E-state index contributed by atoms with van der Waals surface area (Å²) in [5.41, 5.74) is 0.887. The van der Waals surface area contributed by atoms with Gasteiger partial charge in [0.05, 0.1) is 5.92 Å². The molecular weight excluding hydrogens is 370 g/mol. The number of hydrogen-bond donors (Lipinski definition) is 2. The summed E-state index contributed by atoms with van der Waals surface area (Å²) < 4.78 is 0. The summed E-state index contributed by atoms with van der Waals surface area (Å²) >= 11 is 1.68. The minimum atomic E-state index is -0.236. The number of nitrogens with zero attached hydrogens (tertiary/aromatic N) is 1. The Bertz CT molecular complexity index is 657. The predicted molar refractivity (Wildman–Crippen MR) is 107 cm³/mol. The highest BCUT2D eigenvalue weighted by atomic mass is 35.5. The highest BCUT2D eigenvalue weighted by molar-refractivity contribution is 7.98. The van der Waals surface area contributed by atoms with E-state index in [2.05, 4.69) is 10.6 Å². The van der Waals surface area contributed by atoms with Crippen molar-refractivity contribution in [2.45, 2.75) is 55.1 Å². The van der Waals surface area contributed by atoms with Crippen molar-refractivity contribution in [3.63, 3.8) is 0 Å². The number of fused-ring (bicyclic) bond motifs is 2. The van der Waals surface area contributed by atoms with Crippen molar-refractivity contribution in [1.29, 1.82) is 0 Å². The number of anilines is 1. The lowest BCUT2D eigenvalue weighted by Crippen LogP contribution is -2.49. The monoisotopic (exact) mass is 395 g/mol. The largest absolute Gasteiger partial charge is 0.353 e. The van der Waals surface area contributed by atoms with E-state index in [1.54, 1.807) is 16.7 Å². The SMILES string of the molecule is CSc1ccc(N2CC(C(=O)NC3CC4CCC(C3)N4)CC2=O)cc1.Cl. The number of benzene rings is 1. The van der Waals surface area contributed by atoms with E-state index in [0.717, 1.165) is 18.5 Å². The van der Waals surface area contributed by atoms with Crippen LogP contribution in [0.5, 0.6) is 0 Å². The maximum Gasteiger partial charge on any atom is 0.227 e. The zero-order chi connectivity index (χ0) is 17.4. The zero-order valence-electron chi connectivity index (χ0n) is 14.9. The first-order chi connectivity index (χ1) is 12.1. The first-order valence-corrected chi connectivity index (χ1v) is 10.4. The summed E-state index contributed by atoms with van der Waals surface area (Å²) in [5.74, 6) is -0.148. The Morgan fingerprint density at radius 3 is 2.46 bits per heavy atom. The van der Waals surface area contributed by atoms with Gasteiger partial charge in [-0.2, -0.15) is 0 Å². The third-order valence-corrected chi connectivity index (χ3v) is 6.44. The molecule has 3 aliphatic heterocycles. The van der Waals surface area contributed by atoms with Gasteiger partial charge in [-0.05, 0) is 56.2 Å². The van der Waals surface area contributed by atoms with E-state index in [1.165, 1.54) is 17.7 Å². The van der Waals surface area contributed by atoms with Gasteiger partial charge in [0.25, 0.3) is 0 Å². The van der Waals surface area contributed by atoms with Crippen LogP contribution in [-0.4, -0.2) is 42.7 Å². The molecule has 5 nitrogen and oxygen atoms in total. The van der Waals surface area contributed by atoms with Crippen LogP contribution in [0.25, 0.3) is 0 Å². The van der Waals surface area contributed by atoms with Crippen molar-refractivity contribution >= 4 is 41.7 Å². The molecule has 3 saturated heterocycles. The molecule has 2 bridgehead atoms. The summed E-state index contributed by atoms with van der Waals surface area (Å²) in [6.07, 6.45) is 6.82. The number of rotatable bonds is 4. The fraction of sp³-hybridized carbons (Fsp3) is 0.579. The van der Waals surface area contributed by atoms with Crippen molar-refractivity contribution in [3.8, 4) is 0 Å². The molecule has 4 rings (SSSR count). The average molecular weight is 396 g/mol. The topological polar surface area (TPSA) is 61.4 Å². The van der Waals surface area contributed by atoms with E-state index < -0.39 is 0 Å². The van der Waals surface area contributed by atoms with E-state index in [0.29, 0.717) is 25.0 Å². The standard InChI is InChI=1S/C19H25N3O2S.ClH/c1-25-17-6-4-16(5-7-17)22-11-12(8-18(22)23)19(24)21-15-9-13-2-3-14(10-15)20-13;/h4-7,12-15,20H,2-3,8-11H2,1H3,(H,21,24);1H. The molecule has 3 atom stereocenters. The van der Waals surface area contributed by atoms with Crippen LogP contribution >= 0.6 is 24.2 Å². The molecule has 26 heavy (non-hydrogen) atoms. The smallest absolute Gasteiger partial charge is 0.227 e. The Hall–Kier alpha value is -1.24. The molecule has 142 valence electrons. The summed E-state index contributed by atoms with van der Waals surface area (Å²) in [6.45, 7) is 0.487. The maximum atomic E-state index is 12.7. The number of amides is 2. The van der Waals surface area contributed by atoms with E-state index >= 15 is 0 Å². The van der Waals surface area contributed by atoms with Gasteiger partial charge in [0.1, 0.15) is 0 Å². The fourth-order valence-electron chi connectivity index (χ4n) is 4.39. The van der Waals surface area contributed by atoms with E-state index in [1.807, 2.05) is 30.5 Å². The molecule has 2 amide bonds. The van der Waals surface area contributed by atoms with Crippen LogP contribution in [0.4, 0.5) is 5.69 Å². The van der Waals surface area contributed by atoms with Gasteiger partial charge in [-0.25, -0.2) is 0 Å². The fourth-order valence-corrected chi connectivity index (χ4v) is 4.80. The Morgan fingerprint density at radius 1 is 1.19 bits per heavy atom. The Kier molecular flexibility index (Phi) is 6.15.